The highest BCUT2D eigenvalue weighted by Crippen LogP contribution is 2.64. The van der Waals surface area contributed by atoms with Crippen molar-refractivity contribution in [3.05, 3.63) is 247 Å². The van der Waals surface area contributed by atoms with Crippen molar-refractivity contribution in [3.8, 4) is 44.5 Å². The second-order valence-corrected chi connectivity index (χ2v) is 18.1. The lowest BCUT2D eigenvalue weighted by atomic mass is 9.66. The molecule has 2 aliphatic rings. The molecular formula is C61H37NOS. The van der Waals surface area contributed by atoms with Crippen molar-refractivity contribution in [1.29, 1.82) is 0 Å². The number of fused-ring (bicyclic) bond motifs is 19. The molecule has 0 aliphatic heterocycles. The Morgan fingerprint density at radius 3 is 1.77 bits per heavy atom. The SMILES string of the molecule is c1ccc(-c2ccccc2N(c2ccc3c(c2)-c2ccccc2-c2ccccc2C32c3ccccc3-c3c2ccc2c3sc3ccccc32)c2ccc3c(c2)oc2ccccc23)cc1. The summed E-state index contributed by atoms with van der Waals surface area (Å²) in [6.07, 6.45) is 0. The molecule has 1 atom stereocenters. The molecule has 0 fully saturated rings. The molecule has 298 valence electrons. The Hall–Kier alpha value is -7.98. The van der Waals surface area contributed by atoms with Crippen LogP contribution in [-0.4, -0.2) is 0 Å². The van der Waals surface area contributed by atoms with E-state index in [1.807, 2.05) is 17.4 Å². The van der Waals surface area contributed by atoms with Crippen LogP contribution in [0, 0.1) is 0 Å². The number of rotatable bonds is 4. The van der Waals surface area contributed by atoms with Gasteiger partial charge in [-0.15, -0.1) is 11.3 Å². The number of nitrogens with zero attached hydrogens (tertiary/aromatic N) is 1. The third-order valence-corrected chi connectivity index (χ3v) is 15.1. The van der Waals surface area contributed by atoms with E-state index in [2.05, 4.69) is 223 Å². The molecule has 2 nitrogen and oxygen atoms in total. The van der Waals surface area contributed by atoms with Crippen molar-refractivity contribution in [3.63, 3.8) is 0 Å². The Morgan fingerprint density at radius 1 is 0.359 bits per heavy atom. The van der Waals surface area contributed by atoms with Gasteiger partial charge >= 0.3 is 0 Å². The van der Waals surface area contributed by atoms with Gasteiger partial charge in [0.25, 0.3) is 0 Å². The molecule has 0 bridgehead atoms. The van der Waals surface area contributed by atoms with E-state index < -0.39 is 5.41 Å². The van der Waals surface area contributed by atoms with E-state index in [4.69, 9.17) is 4.42 Å². The van der Waals surface area contributed by atoms with E-state index in [0.29, 0.717) is 0 Å². The summed E-state index contributed by atoms with van der Waals surface area (Å²) in [5.41, 5.74) is 19.5. The molecule has 0 radical (unpaired) electrons. The van der Waals surface area contributed by atoms with Crippen molar-refractivity contribution in [2.75, 3.05) is 4.90 Å². The third-order valence-electron chi connectivity index (χ3n) is 13.9. The Morgan fingerprint density at radius 2 is 0.922 bits per heavy atom. The van der Waals surface area contributed by atoms with Crippen molar-refractivity contribution >= 4 is 70.5 Å². The van der Waals surface area contributed by atoms with Crippen LogP contribution >= 0.6 is 11.3 Å². The fourth-order valence-electron chi connectivity index (χ4n) is 11.3. The maximum absolute atomic E-state index is 6.57. The van der Waals surface area contributed by atoms with Crippen molar-refractivity contribution in [2.45, 2.75) is 5.41 Å². The van der Waals surface area contributed by atoms with E-state index in [1.54, 1.807) is 0 Å². The molecular weight excluding hydrogens is 795 g/mol. The quantitative estimate of drug-likeness (QED) is 0.176. The zero-order valence-electron chi connectivity index (χ0n) is 34.6. The molecule has 2 aliphatic carbocycles. The van der Waals surface area contributed by atoms with Crippen LogP contribution in [0.3, 0.4) is 0 Å². The maximum Gasteiger partial charge on any atom is 0.137 e. The van der Waals surface area contributed by atoms with Crippen molar-refractivity contribution in [2.24, 2.45) is 0 Å². The Balaban J connectivity index is 1.09. The second kappa shape index (κ2) is 13.5. The first-order valence-corrected chi connectivity index (χ1v) is 22.8. The molecule has 12 aromatic rings. The van der Waals surface area contributed by atoms with Gasteiger partial charge in [-0.3, -0.25) is 0 Å². The molecule has 1 unspecified atom stereocenters. The number of hydrogen-bond donors (Lipinski definition) is 0. The summed E-state index contributed by atoms with van der Waals surface area (Å²) in [5.74, 6) is 0. The maximum atomic E-state index is 6.57. The topological polar surface area (TPSA) is 16.4 Å². The molecule has 0 saturated carbocycles. The summed E-state index contributed by atoms with van der Waals surface area (Å²) < 4.78 is 9.24. The van der Waals surface area contributed by atoms with Gasteiger partial charge in [0, 0.05) is 59.5 Å². The standard InChI is InChI=1S/C61H37NOS/c1-2-16-38(17-3-1)41-18-8-13-27-55(41)62(40-30-32-46-45-22-9-14-28-56(45)63-57(46)37-40)39-31-34-53-50(36-39)43-20-5-4-19-42(43)44-21-6-11-25-51(44)61(53)52-26-12-7-24-49(52)59-54(61)35-33-48-47-23-10-15-29-58(47)64-60(48)59/h1-37H. The first kappa shape index (κ1) is 35.6. The summed E-state index contributed by atoms with van der Waals surface area (Å²) >= 11 is 1.92. The minimum absolute atomic E-state index is 0.597. The molecule has 0 amide bonds. The molecule has 3 heteroatoms. The first-order valence-electron chi connectivity index (χ1n) is 22.0. The number of benzene rings is 10. The van der Waals surface area contributed by atoms with Gasteiger partial charge in [0.05, 0.1) is 11.1 Å². The Bertz CT molecular complexity index is 3870. The zero-order valence-corrected chi connectivity index (χ0v) is 35.4. The highest BCUT2D eigenvalue weighted by molar-refractivity contribution is 7.26. The molecule has 0 N–H and O–H groups in total. The van der Waals surface area contributed by atoms with E-state index in [0.717, 1.165) is 50.1 Å². The first-order chi connectivity index (χ1) is 31.8. The Labute approximate surface area is 374 Å². The van der Waals surface area contributed by atoms with Gasteiger partial charge in [-0.05, 0) is 98.1 Å². The summed E-state index contributed by atoms with van der Waals surface area (Å²) in [6, 6.07) is 82.9. The number of furan rings is 1. The summed E-state index contributed by atoms with van der Waals surface area (Å²) in [7, 11) is 0. The third kappa shape index (κ3) is 4.85. The molecule has 14 rings (SSSR count). The summed E-state index contributed by atoms with van der Waals surface area (Å²) in [4.78, 5) is 2.43. The zero-order chi connectivity index (χ0) is 41.9. The van der Waals surface area contributed by atoms with Crippen molar-refractivity contribution in [1.82, 2.24) is 0 Å². The van der Waals surface area contributed by atoms with Gasteiger partial charge < -0.3 is 9.32 Å². The summed E-state index contributed by atoms with van der Waals surface area (Å²) in [6.45, 7) is 0. The van der Waals surface area contributed by atoms with Crippen LogP contribution in [0.5, 0.6) is 0 Å². The minimum atomic E-state index is -0.597. The number of para-hydroxylation sites is 2. The van der Waals surface area contributed by atoms with Crippen LogP contribution in [0.4, 0.5) is 17.1 Å². The van der Waals surface area contributed by atoms with Gasteiger partial charge in [0.2, 0.25) is 0 Å². The average Bonchev–Trinajstić information content (AvgIpc) is 4.00. The minimum Gasteiger partial charge on any atom is -0.456 e. The second-order valence-electron chi connectivity index (χ2n) is 17.1. The van der Waals surface area contributed by atoms with Gasteiger partial charge in [-0.25, -0.2) is 0 Å². The molecule has 64 heavy (non-hydrogen) atoms. The van der Waals surface area contributed by atoms with Crippen LogP contribution in [-0.2, 0) is 5.41 Å². The molecule has 10 aromatic carbocycles. The lowest BCUT2D eigenvalue weighted by Gasteiger charge is -2.36. The number of thiophene rings is 1. The van der Waals surface area contributed by atoms with E-state index in [9.17, 15) is 0 Å². The van der Waals surface area contributed by atoms with Crippen LogP contribution < -0.4 is 4.90 Å². The van der Waals surface area contributed by atoms with Gasteiger partial charge in [0.15, 0.2) is 0 Å². The number of anilines is 3. The fourth-order valence-corrected chi connectivity index (χ4v) is 12.6. The van der Waals surface area contributed by atoms with Gasteiger partial charge in [-0.1, -0.05) is 176 Å². The predicted octanol–water partition coefficient (Wildman–Crippen LogP) is 17.1. The molecule has 1 spiro atoms. The highest BCUT2D eigenvalue weighted by atomic mass is 32.1. The normalized spacial score (nSPS) is 14.6. The van der Waals surface area contributed by atoms with Crippen LogP contribution in [0.1, 0.15) is 22.3 Å². The number of hydrogen-bond acceptors (Lipinski definition) is 3. The van der Waals surface area contributed by atoms with Crippen molar-refractivity contribution < 1.29 is 4.42 Å². The highest BCUT2D eigenvalue weighted by Gasteiger charge is 2.50. The Kier molecular flexibility index (Phi) is 7.51. The summed E-state index contributed by atoms with van der Waals surface area (Å²) in [5, 5.41) is 4.87. The smallest absolute Gasteiger partial charge is 0.137 e. The van der Waals surface area contributed by atoms with E-state index in [-0.39, 0.29) is 0 Å². The fraction of sp³-hybridized carbons (Fsp3) is 0.0164. The van der Waals surface area contributed by atoms with Crippen LogP contribution in [0.2, 0.25) is 0 Å². The predicted molar refractivity (Wildman–Crippen MR) is 268 cm³/mol. The van der Waals surface area contributed by atoms with E-state index in [1.165, 1.54) is 75.8 Å². The lowest BCUT2D eigenvalue weighted by molar-refractivity contribution is 0.669. The average molecular weight is 832 g/mol. The molecule has 2 aromatic heterocycles. The van der Waals surface area contributed by atoms with Crippen LogP contribution in [0.15, 0.2) is 229 Å². The van der Waals surface area contributed by atoms with E-state index >= 15 is 0 Å². The molecule has 0 saturated heterocycles. The molecule has 2 heterocycles. The van der Waals surface area contributed by atoms with Gasteiger partial charge in [0.1, 0.15) is 11.2 Å². The lowest BCUT2D eigenvalue weighted by Crippen LogP contribution is -2.29. The van der Waals surface area contributed by atoms with Crippen LogP contribution in [0.25, 0.3) is 86.6 Å². The van der Waals surface area contributed by atoms with Gasteiger partial charge in [-0.2, -0.15) is 0 Å². The monoisotopic (exact) mass is 831 g/mol. The largest absolute Gasteiger partial charge is 0.456 e.